The predicted octanol–water partition coefficient (Wildman–Crippen LogP) is 4.75. The molecule has 0 saturated heterocycles. The minimum atomic E-state index is -0.292. The van der Waals surface area contributed by atoms with Crippen LogP contribution in [0, 0.1) is 5.82 Å². The molecule has 0 saturated carbocycles. The highest BCUT2D eigenvalue weighted by molar-refractivity contribution is 5.81. The molecule has 2 heterocycles. The summed E-state index contributed by atoms with van der Waals surface area (Å²) in [5.74, 6) is 0.486. The summed E-state index contributed by atoms with van der Waals surface area (Å²) in [6.07, 6.45) is 1.72. The van der Waals surface area contributed by atoms with Crippen molar-refractivity contribution in [2.45, 2.75) is 13.5 Å². The Labute approximate surface area is 162 Å². The summed E-state index contributed by atoms with van der Waals surface area (Å²) in [5.41, 5.74) is 4.84. The molecule has 5 nitrogen and oxygen atoms in total. The van der Waals surface area contributed by atoms with Crippen LogP contribution in [0.5, 0.6) is 5.75 Å². The molecular formula is C22H20FN3O2. The molecule has 0 radical (unpaired) electrons. The van der Waals surface area contributed by atoms with E-state index in [9.17, 15) is 4.39 Å². The molecule has 0 unspecified atom stereocenters. The summed E-state index contributed by atoms with van der Waals surface area (Å²) in [7, 11) is 1.64. The Kier molecular flexibility index (Phi) is 5.04. The van der Waals surface area contributed by atoms with E-state index in [4.69, 9.17) is 14.6 Å². The van der Waals surface area contributed by atoms with Gasteiger partial charge < -0.3 is 9.47 Å². The van der Waals surface area contributed by atoms with Crippen LogP contribution in [0.4, 0.5) is 4.39 Å². The second kappa shape index (κ2) is 7.78. The average molecular weight is 377 g/mol. The maximum absolute atomic E-state index is 13.8. The van der Waals surface area contributed by atoms with Gasteiger partial charge in [-0.05, 0) is 42.8 Å². The Bertz CT molecular complexity index is 1110. The zero-order valence-electron chi connectivity index (χ0n) is 15.7. The summed E-state index contributed by atoms with van der Waals surface area (Å²) >= 11 is 0. The first kappa shape index (κ1) is 18.1. The molecule has 0 bridgehead atoms. The molecule has 0 aliphatic carbocycles. The number of methoxy groups -OCH3 is 1. The van der Waals surface area contributed by atoms with Gasteiger partial charge in [0.2, 0.25) is 0 Å². The van der Waals surface area contributed by atoms with Crippen LogP contribution >= 0.6 is 0 Å². The van der Waals surface area contributed by atoms with Gasteiger partial charge in [-0.25, -0.2) is 13.9 Å². The van der Waals surface area contributed by atoms with Gasteiger partial charge in [-0.15, -0.1) is 0 Å². The van der Waals surface area contributed by atoms with Crippen LogP contribution in [0.1, 0.15) is 12.6 Å². The van der Waals surface area contributed by atoms with Crippen LogP contribution in [0.2, 0.25) is 0 Å². The Hall–Kier alpha value is -3.25. The molecule has 28 heavy (non-hydrogen) atoms. The Morgan fingerprint density at radius 1 is 1.04 bits per heavy atom. The normalized spacial score (nSPS) is 11.1. The number of nitrogens with zero attached hydrogens (tertiary/aromatic N) is 3. The number of fused-ring (bicyclic) bond motifs is 1. The Balaban J connectivity index is 1.93. The lowest BCUT2D eigenvalue weighted by Crippen LogP contribution is -1.97. The second-order valence-electron chi connectivity index (χ2n) is 6.26. The summed E-state index contributed by atoms with van der Waals surface area (Å²) in [4.78, 5) is 4.56. The number of hydrogen-bond acceptors (Lipinski definition) is 4. The Morgan fingerprint density at radius 3 is 2.57 bits per heavy atom. The smallest absolute Gasteiger partial charge is 0.163 e. The Morgan fingerprint density at radius 2 is 1.86 bits per heavy atom. The quantitative estimate of drug-likeness (QED) is 0.487. The third kappa shape index (κ3) is 3.34. The third-order valence-corrected chi connectivity index (χ3v) is 4.53. The summed E-state index contributed by atoms with van der Waals surface area (Å²) in [5, 5.41) is 4.75. The first-order valence-electron chi connectivity index (χ1n) is 9.06. The van der Waals surface area contributed by atoms with E-state index in [1.165, 1.54) is 12.1 Å². The van der Waals surface area contributed by atoms with Crippen molar-refractivity contribution in [3.8, 4) is 28.1 Å². The average Bonchev–Trinajstić information content (AvgIpc) is 3.10. The van der Waals surface area contributed by atoms with Gasteiger partial charge in [-0.2, -0.15) is 5.10 Å². The molecule has 0 N–H and O–H groups in total. The molecule has 6 heteroatoms. The molecule has 4 rings (SSSR count). The number of benzene rings is 2. The van der Waals surface area contributed by atoms with Gasteiger partial charge >= 0.3 is 0 Å². The molecule has 0 spiro atoms. The van der Waals surface area contributed by atoms with E-state index >= 15 is 0 Å². The van der Waals surface area contributed by atoms with Crippen molar-refractivity contribution in [2.24, 2.45) is 0 Å². The molecule has 0 aliphatic heterocycles. The van der Waals surface area contributed by atoms with Gasteiger partial charge in [-0.3, -0.25) is 0 Å². The SMILES string of the molecule is CCOCc1nn2c(-c3cccc(F)c3)ccnc2c1-c1ccc(OC)cc1. The fourth-order valence-electron chi connectivity index (χ4n) is 3.21. The van der Waals surface area contributed by atoms with Gasteiger partial charge in [0, 0.05) is 18.4 Å². The van der Waals surface area contributed by atoms with Crippen LogP contribution in [0.25, 0.3) is 28.0 Å². The highest BCUT2D eigenvalue weighted by atomic mass is 19.1. The van der Waals surface area contributed by atoms with E-state index in [-0.39, 0.29) is 5.82 Å². The van der Waals surface area contributed by atoms with E-state index in [0.717, 1.165) is 33.8 Å². The molecule has 2 aromatic heterocycles. The molecule has 0 fully saturated rings. The first-order chi connectivity index (χ1) is 13.7. The van der Waals surface area contributed by atoms with Crippen LogP contribution in [-0.4, -0.2) is 28.3 Å². The largest absolute Gasteiger partial charge is 0.497 e. The van der Waals surface area contributed by atoms with Gasteiger partial charge in [0.15, 0.2) is 5.65 Å². The van der Waals surface area contributed by atoms with Gasteiger partial charge in [0.25, 0.3) is 0 Å². The van der Waals surface area contributed by atoms with Crippen molar-refractivity contribution < 1.29 is 13.9 Å². The molecule has 0 atom stereocenters. The number of ether oxygens (including phenoxy) is 2. The number of halogens is 1. The lowest BCUT2D eigenvalue weighted by Gasteiger charge is -2.06. The highest BCUT2D eigenvalue weighted by Gasteiger charge is 2.18. The molecule has 4 aromatic rings. The van der Waals surface area contributed by atoms with Gasteiger partial charge in [0.1, 0.15) is 11.6 Å². The molecule has 2 aromatic carbocycles. The van der Waals surface area contributed by atoms with Crippen molar-refractivity contribution in [3.05, 3.63) is 72.3 Å². The fraction of sp³-hybridized carbons (Fsp3) is 0.182. The summed E-state index contributed by atoms with van der Waals surface area (Å²) in [6.45, 7) is 2.89. The number of rotatable bonds is 6. The van der Waals surface area contributed by atoms with Crippen molar-refractivity contribution in [2.75, 3.05) is 13.7 Å². The van der Waals surface area contributed by atoms with Crippen molar-refractivity contribution in [1.82, 2.24) is 14.6 Å². The lowest BCUT2D eigenvalue weighted by molar-refractivity contribution is 0.131. The van der Waals surface area contributed by atoms with Crippen LogP contribution in [0.15, 0.2) is 60.8 Å². The topological polar surface area (TPSA) is 48.7 Å². The summed E-state index contributed by atoms with van der Waals surface area (Å²) in [6, 6.07) is 16.0. The highest BCUT2D eigenvalue weighted by Crippen LogP contribution is 2.32. The number of aromatic nitrogens is 3. The maximum atomic E-state index is 13.8. The first-order valence-corrected chi connectivity index (χ1v) is 9.06. The number of hydrogen-bond donors (Lipinski definition) is 0. The molecule has 0 aliphatic rings. The van der Waals surface area contributed by atoms with Gasteiger partial charge in [0.05, 0.1) is 30.7 Å². The van der Waals surface area contributed by atoms with E-state index in [0.29, 0.717) is 18.9 Å². The summed E-state index contributed by atoms with van der Waals surface area (Å²) < 4.78 is 26.4. The third-order valence-electron chi connectivity index (χ3n) is 4.53. The second-order valence-corrected chi connectivity index (χ2v) is 6.26. The lowest BCUT2D eigenvalue weighted by atomic mass is 10.1. The van der Waals surface area contributed by atoms with Crippen molar-refractivity contribution >= 4 is 5.65 Å². The molecule has 0 amide bonds. The van der Waals surface area contributed by atoms with E-state index in [2.05, 4.69) is 4.98 Å². The minimum Gasteiger partial charge on any atom is -0.497 e. The molecule has 142 valence electrons. The van der Waals surface area contributed by atoms with Crippen LogP contribution in [-0.2, 0) is 11.3 Å². The minimum absolute atomic E-state index is 0.292. The predicted molar refractivity (Wildman–Crippen MR) is 106 cm³/mol. The zero-order valence-corrected chi connectivity index (χ0v) is 15.7. The van der Waals surface area contributed by atoms with E-state index in [1.807, 2.05) is 43.3 Å². The maximum Gasteiger partial charge on any atom is 0.163 e. The standard InChI is InChI=1S/C22H20FN3O2/c1-3-28-14-19-21(15-7-9-18(27-2)10-8-15)22-24-12-11-20(26(22)25-19)16-5-4-6-17(23)13-16/h4-13H,3,14H2,1-2H3. The zero-order chi connectivity index (χ0) is 19.5. The van der Waals surface area contributed by atoms with Crippen LogP contribution in [0.3, 0.4) is 0 Å². The van der Waals surface area contributed by atoms with Crippen molar-refractivity contribution in [3.63, 3.8) is 0 Å². The monoisotopic (exact) mass is 377 g/mol. The van der Waals surface area contributed by atoms with E-state index < -0.39 is 0 Å². The van der Waals surface area contributed by atoms with Gasteiger partial charge in [-0.1, -0.05) is 24.3 Å². The van der Waals surface area contributed by atoms with E-state index in [1.54, 1.807) is 23.9 Å². The van der Waals surface area contributed by atoms with Crippen LogP contribution < -0.4 is 4.74 Å². The fourth-order valence-corrected chi connectivity index (χ4v) is 3.21. The van der Waals surface area contributed by atoms with Crippen molar-refractivity contribution in [1.29, 1.82) is 0 Å². The molecular weight excluding hydrogens is 357 g/mol.